The van der Waals surface area contributed by atoms with Crippen LogP contribution in [0.3, 0.4) is 0 Å². The minimum atomic E-state index is -0.950. The lowest BCUT2D eigenvalue weighted by atomic mass is 10.0. The Bertz CT molecular complexity index is 3860. The predicted molar refractivity (Wildman–Crippen MR) is 303 cm³/mol. The number of hydrogen-bond acceptors (Lipinski definition) is 21. The molecule has 30 nitrogen and oxygen atoms in total. The van der Waals surface area contributed by atoms with Gasteiger partial charge in [0.05, 0.1) is 75.7 Å². The standard InChI is InChI=1S/C17H18FN3O3.C17H18N4O5.C11H10N2O4.C9H5NO5.C3H7NO2/c1-17(2,3)24-16(23)14-12-8-20(4)15(22)13-10(18)6-5-7-11(13)21(12)9-19-14;1-17(2,3)26-16(23)14-12-8-19(4)15(22)13-10(20(12)9-18-14)6-5-7-11(13)21(24)25;1-12-6-8(14)5-7-3-2-4-9(13(16)17)10(7)11(12)15;11-7-4-5-2-1-3-6(10(13)14)8(5)9(12)15-7;1-4-2-3(5)6/h5-7,9H,8H2,1-4H3;5-7,9H,8H2,1-4H3;2-4H,5-6H2,1H3;1-3H,4H2;4H,2H2,1H3,(H,5,6)/i18-1;;;;. The van der Waals surface area contributed by atoms with Gasteiger partial charge in [-0.1, -0.05) is 36.4 Å². The Morgan fingerprint density at radius 2 is 1.00 bits per heavy atom. The molecule has 88 heavy (non-hydrogen) atoms. The second-order valence-corrected chi connectivity index (χ2v) is 21.6. The van der Waals surface area contributed by atoms with Crippen molar-refractivity contribution in [3.05, 3.63) is 178 Å². The second-order valence-electron chi connectivity index (χ2n) is 21.6. The fraction of sp³-hybridized carbons (Fsp3) is 0.316. The summed E-state index contributed by atoms with van der Waals surface area (Å²) in [4.78, 5) is 148. The van der Waals surface area contributed by atoms with Gasteiger partial charge in [-0.3, -0.25) is 68.2 Å². The van der Waals surface area contributed by atoms with E-state index >= 15 is 0 Å². The molecule has 0 saturated carbocycles. The van der Waals surface area contributed by atoms with Crippen molar-refractivity contribution in [3.63, 3.8) is 0 Å². The van der Waals surface area contributed by atoms with E-state index < -0.39 is 79.4 Å². The number of aromatic nitrogens is 4. The van der Waals surface area contributed by atoms with Crippen LogP contribution < -0.4 is 5.32 Å². The molecule has 10 rings (SSSR count). The van der Waals surface area contributed by atoms with Gasteiger partial charge in [0.15, 0.2) is 17.2 Å². The highest BCUT2D eigenvalue weighted by Gasteiger charge is 2.37. The molecule has 0 bridgehead atoms. The van der Waals surface area contributed by atoms with E-state index in [1.54, 1.807) is 78.4 Å². The van der Waals surface area contributed by atoms with Gasteiger partial charge in [-0.25, -0.2) is 28.7 Å². The van der Waals surface area contributed by atoms with Gasteiger partial charge in [-0.05, 0) is 77.9 Å². The number of nitro benzene ring substituents is 3. The number of ether oxygens (including phenoxy) is 3. The number of likely N-dealkylation sites (N-methyl/N-ethyl adjacent to an activating group) is 2. The highest BCUT2D eigenvalue weighted by Crippen LogP contribution is 2.34. The Labute approximate surface area is 498 Å². The van der Waals surface area contributed by atoms with E-state index in [9.17, 15) is 77.9 Å². The number of carbonyl (C=O) groups excluding carboxylic acids is 8. The number of nitrogens with zero attached hydrogens (tertiary/aromatic N) is 10. The Morgan fingerprint density at radius 3 is 1.44 bits per heavy atom. The molecule has 2 aromatic heterocycles. The van der Waals surface area contributed by atoms with Gasteiger partial charge in [0, 0.05) is 45.8 Å². The Balaban J connectivity index is 0.000000185. The first-order valence-corrected chi connectivity index (χ1v) is 26.2. The molecular weight excluding hydrogens is 1160 g/mol. The molecule has 0 aliphatic carbocycles. The van der Waals surface area contributed by atoms with Crippen molar-refractivity contribution >= 4 is 70.4 Å². The number of aliphatic carboxylic acids is 1. The van der Waals surface area contributed by atoms with E-state index in [2.05, 4.69) is 20.0 Å². The number of hydrogen-bond donors (Lipinski definition) is 2. The lowest BCUT2D eigenvalue weighted by molar-refractivity contribution is -0.385. The molecule has 0 radical (unpaired) electrons. The number of nitrogens with one attached hydrogen (secondary N) is 1. The number of cyclic esters (lactones) is 2. The molecule has 3 amide bonds. The van der Waals surface area contributed by atoms with Gasteiger partial charge < -0.3 is 39.3 Å². The van der Waals surface area contributed by atoms with Gasteiger partial charge in [0.1, 0.15) is 46.4 Å². The van der Waals surface area contributed by atoms with Crippen molar-refractivity contribution in [2.24, 2.45) is 0 Å². The molecule has 4 aliphatic heterocycles. The summed E-state index contributed by atoms with van der Waals surface area (Å²) in [5.41, 5.74) is 0.197. The fourth-order valence-corrected chi connectivity index (χ4v) is 9.01. The number of carboxylic acids is 1. The number of carbonyl (C=O) groups is 9. The number of carboxylic acid groups (broad SMARTS) is 1. The van der Waals surface area contributed by atoms with Crippen LogP contribution in [0.5, 0.6) is 0 Å². The molecule has 0 spiro atoms. The number of rotatable bonds is 7. The van der Waals surface area contributed by atoms with Crippen molar-refractivity contribution in [2.75, 3.05) is 41.3 Å². The SMILES string of the molecule is CN1CC(=O)Cc2cccc([N+](=O)[O-])c2C1=O.CN1Cc2c(C(=O)OC(C)(C)C)ncn2-c2cccc([18F])c2C1=O.CN1Cc2c(C(=O)OC(C)(C)C)ncn2-c2cccc([N+](=O)[O-])c2C1=O.CNCC(=O)O.O=C1Cc2cccc([N+](=O)[O-])c2C(=O)O1. The van der Waals surface area contributed by atoms with Crippen molar-refractivity contribution in [1.82, 2.24) is 39.1 Å². The first kappa shape index (κ1) is 66.2. The largest absolute Gasteiger partial charge is 0.480 e. The lowest BCUT2D eigenvalue weighted by Crippen LogP contribution is -2.30. The highest BCUT2D eigenvalue weighted by atomic mass is 18.2. The van der Waals surface area contributed by atoms with Crippen LogP contribution in [-0.4, -0.2) is 160 Å². The van der Waals surface area contributed by atoms with E-state index in [-0.39, 0.29) is 95.5 Å². The third-order valence-corrected chi connectivity index (χ3v) is 12.6. The Morgan fingerprint density at radius 1 is 0.602 bits per heavy atom. The number of fused-ring (bicyclic) bond motifs is 8. The van der Waals surface area contributed by atoms with Crippen LogP contribution in [0, 0.1) is 36.2 Å². The van der Waals surface area contributed by atoms with Crippen molar-refractivity contribution in [2.45, 2.75) is 78.7 Å². The fourth-order valence-electron chi connectivity index (χ4n) is 9.01. The molecule has 0 saturated heterocycles. The maximum atomic E-state index is 14.2. The van der Waals surface area contributed by atoms with Gasteiger partial charge in [0.2, 0.25) is 0 Å². The van der Waals surface area contributed by atoms with E-state index in [4.69, 9.17) is 14.6 Å². The summed E-state index contributed by atoms with van der Waals surface area (Å²) in [5, 5.41) is 43.2. The number of esters is 4. The van der Waals surface area contributed by atoms with Gasteiger partial charge >= 0.3 is 29.8 Å². The number of benzene rings is 4. The Kier molecular flexibility index (Phi) is 20.3. The van der Waals surface area contributed by atoms with Crippen LogP contribution in [-0.2, 0) is 54.5 Å². The maximum absolute atomic E-state index is 14.2. The second kappa shape index (κ2) is 26.9. The molecule has 0 unspecified atom stereocenters. The van der Waals surface area contributed by atoms with E-state index in [0.717, 1.165) is 0 Å². The lowest BCUT2D eigenvalue weighted by Gasteiger charge is -2.19. The van der Waals surface area contributed by atoms with Gasteiger partial charge in [-0.15, -0.1) is 0 Å². The zero-order valence-corrected chi connectivity index (χ0v) is 49.0. The monoisotopic (exact) mass is 1220 g/mol. The number of halogens is 1. The number of imidazole rings is 2. The van der Waals surface area contributed by atoms with Crippen LogP contribution in [0.25, 0.3) is 11.4 Å². The molecule has 6 aromatic rings. The Hall–Kier alpha value is -11.0. The molecule has 31 heteroatoms. The number of Topliss-reactive ketones (excluding diaryl/α,β-unsaturated/α-hetero) is 1. The van der Waals surface area contributed by atoms with Crippen LogP contribution in [0.2, 0.25) is 0 Å². The summed E-state index contributed by atoms with van der Waals surface area (Å²) in [6.07, 6.45) is 2.75. The summed E-state index contributed by atoms with van der Waals surface area (Å²) in [7, 11) is 6.13. The molecule has 0 fully saturated rings. The molecular formula is C57H58FN11O19. The molecule has 0 atom stereocenters. The summed E-state index contributed by atoms with van der Waals surface area (Å²) in [5.74, 6) is -5.78. The van der Waals surface area contributed by atoms with Crippen LogP contribution in [0.1, 0.15) is 126 Å². The quantitative estimate of drug-likeness (QED) is 0.0627. The first-order valence-electron chi connectivity index (χ1n) is 26.2. The topological polar surface area (TPSA) is 388 Å². The minimum Gasteiger partial charge on any atom is -0.480 e. The zero-order chi connectivity index (χ0) is 65.4. The average Bonchev–Trinajstić information content (AvgIpc) is 1.63. The molecule has 462 valence electrons. The minimum absolute atomic E-state index is 0.00926. The maximum Gasteiger partial charge on any atom is 0.359 e. The van der Waals surface area contributed by atoms with E-state index in [0.29, 0.717) is 33.9 Å². The van der Waals surface area contributed by atoms with E-state index in [1.165, 1.54) is 101 Å². The van der Waals surface area contributed by atoms with Gasteiger partial charge in [-0.2, -0.15) is 0 Å². The molecule has 4 aromatic carbocycles. The normalized spacial score (nSPS) is 13.9. The average molecular weight is 1220 g/mol. The molecule has 2 N–H and O–H groups in total. The summed E-state index contributed by atoms with van der Waals surface area (Å²) in [6, 6.07) is 17.2. The summed E-state index contributed by atoms with van der Waals surface area (Å²) < 4.78 is 32.4. The van der Waals surface area contributed by atoms with Crippen LogP contribution in [0.15, 0.2) is 85.5 Å². The smallest absolute Gasteiger partial charge is 0.359 e. The highest BCUT2D eigenvalue weighted by molar-refractivity contribution is 6.06. The van der Waals surface area contributed by atoms with Crippen LogP contribution >= 0.6 is 0 Å². The van der Waals surface area contributed by atoms with Crippen molar-refractivity contribution in [3.8, 4) is 11.4 Å². The molecule has 4 aliphatic rings. The first-order chi connectivity index (χ1) is 41.2. The third-order valence-electron chi connectivity index (χ3n) is 12.6. The number of nitro groups is 3. The van der Waals surface area contributed by atoms with Crippen molar-refractivity contribution < 1.29 is 81.6 Å². The third kappa shape index (κ3) is 15.3. The summed E-state index contributed by atoms with van der Waals surface area (Å²) >= 11 is 0. The van der Waals surface area contributed by atoms with Crippen molar-refractivity contribution in [1.29, 1.82) is 0 Å². The summed E-state index contributed by atoms with van der Waals surface area (Å²) in [6.45, 7) is 10.8. The number of ketones is 1. The van der Waals surface area contributed by atoms with Crippen LogP contribution in [0.4, 0.5) is 21.5 Å². The molecule has 6 heterocycles. The zero-order valence-electron chi connectivity index (χ0n) is 49.0. The van der Waals surface area contributed by atoms with Gasteiger partial charge in [0.25, 0.3) is 34.8 Å². The predicted octanol–water partition coefficient (Wildman–Crippen LogP) is 5.79. The van der Waals surface area contributed by atoms with E-state index in [1.807, 2.05) is 0 Å². The number of amides is 3.